The van der Waals surface area contributed by atoms with Gasteiger partial charge in [-0.25, -0.2) is 0 Å². The summed E-state index contributed by atoms with van der Waals surface area (Å²) in [6, 6.07) is 0.156. The van der Waals surface area contributed by atoms with Crippen LogP contribution < -0.4 is 0 Å². The van der Waals surface area contributed by atoms with E-state index in [9.17, 15) is 10.2 Å². The van der Waals surface area contributed by atoms with Crippen molar-refractivity contribution in [2.75, 3.05) is 26.3 Å². The zero-order valence-electron chi connectivity index (χ0n) is 13.5. The summed E-state index contributed by atoms with van der Waals surface area (Å²) in [5, 5.41) is 19.0. The van der Waals surface area contributed by atoms with E-state index in [0.717, 1.165) is 39.0 Å². The van der Waals surface area contributed by atoms with Crippen LogP contribution in [0.15, 0.2) is 0 Å². The minimum absolute atomic E-state index is 0.0248. The number of piperidine rings is 1. The van der Waals surface area contributed by atoms with E-state index in [0.29, 0.717) is 0 Å². The molecule has 120 valence electrons. The fourth-order valence-electron chi connectivity index (χ4n) is 2.71. The minimum atomic E-state index is -0.224. The lowest BCUT2D eigenvalue weighted by Crippen LogP contribution is -2.46. The average molecular weight is 287 g/mol. The van der Waals surface area contributed by atoms with Gasteiger partial charge in [0.05, 0.1) is 18.3 Å². The molecule has 2 atom stereocenters. The van der Waals surface area contributed by atoms with Crippen LogP contribution >= 0.6 is 0 Å². The maximum atomic E-state index is 9.61. The van der Waals surface area contributed by atoms with Gasteiger partial charge in [-0.3, -0.25) is 4.90 Å². The molecule has 1 fully saturated rings. The van der Waals surface area contributed by atoms with E-state index in [4.69, 9.17) is 4.74 Å². The lowest BCUT2D eigenvalue weighted by Gasteiger charge is -2.36. The molecular weight excluding hydrogens is 254 g/mol. The van der Waals surface area contributed by atoms with Crippen molar-refractivity contribution in [3.8, 4) is 0 Å². The van der Waals surface area contributed by atoms with Gasteiger partial charge in [0.25, 0.3) is 0 Å². The van der Waals surface area contributed by atoms with Gasteiger partial charge in [0.15, 0.2) is 0 Å². The highest BCUT2D eigenvalue weighted by Gasteiger charge is 2.26. The van der Waals surface area contributed by atoms with Gasteiger partial charge in [-0.1, -0.05) is 12.8 Å². The Bertz CT molecular complexity index is 253. The monoisotopic (exact) mass is 287 g/mol. The molecule has 0 radical (unpaired) electrons. The van der Waals surface area contributed by atoms with Crippen LogP contribution in [0.5, 0.6) is 0 Å². The van der Waals surface area contributed by atoms with Crippen molar-refractivity contribution in [2.45, 2.75) is 77.0 Å². The Morgan fingerprint density at radius 1 is 1.15 bits per heavy atom. The second kappa shape index (κ2) is 8.98. The van der Waals surface area contributed by atoms with Crippen LogP contribution in [0.4, 0.5) is 0 Å². The Morgan fingerprint density at radius 2 is 1.85 bits per heavy atom. The second-order valence-electron chi connectivity index (χ2n) is 6.93. The summed E-state index contributed by atoms with van der Waals surface area (Å²) < 4.78 is 5.70. The molecule has 4 nitrogen and oxygen atoms in total. The van der Waals surface area contributed by atoms with Crippen molar-refractivity contribution in [3.05, 3.63) is 0 Å². The van der Waals surface area contributed by atoms with Gasteiger partial charge in [0.1, 0.15) is 0 Å². The molecular formula is C16H33NO3. The highest BCUT2D eigenvalue weighted by Crippen LogP contribution is 2.18. The van der Waals surface area contributed by atoms with Crippen molar-refractivity contribution in [1.29, 1.82) is 0 Å². The maximum absolute atomic E-state index is 9.61. The van der Waals surface area contributed by atoms with Crippen LogP contribution in [0.25, 0.3) is 0 Å². The Morgan fingerprint density at radius 3 is 2.50 bits per heavy atom. The predicted molar refractivity (Wildman–Crippen MR) is 81.9 cm³/mol. The molecule has 1 rings (SSSR count). The predicted octanol–water partition coefficient (Wildman–Crippen LogP) is 2.18. The zero-order valence-corrected chi connectivity index (χ0v) is 13.5. The quantitative estimate of drug-likeness (QED) is 0.672. The fourth-order valence-corrected chi connectivity index (χ4v) is 2.71. The number of hydrogen-bond donors (Lipinski definition) is 2. The van der Waals surface area contributed by atoms with E-state index >= 15 is 0 Å². The first kappa shape index (κ1) is 17.9. The molecule has 20 heavy (non-hydrogen) atoms. The summed E-state index contributed by atoms with van der Waals surface area (Å²) in [7, 11) is 0. The van der Waals surface area contributed by atoms with E-state index in [-0.39, 0.29) is 24.4 Å². The lowest BCUT2D eigenvalue weighted by atomic mass is 9.99. The van der Waals surface area contributed by atoms with Crippen LogP contribution in [0, 0.1) is 0 Å². The van der Waals surface area contributed by atoms with Gasteiger partial charge in [0.2, 0.25) is 0 Å². The summed E-state index contributed by atoms with van der Waals surface area (Å²) in [5.41, 5.74) is -0.0248. The van der Waals surface area contributed by atoms with Crippen LogP contribution in [0.1, 0.15) is 59.3 Å². The Hall–Kier alpha value is -0.160. The SMILES string of the molecule is CC(C)(C)OCCCCCCN1CCC(O)CC1CO. The molecule has 1 aliphatic heterocycles. The summed E-state index contributed by atoms with van der Waals surface area (Å²) in [6.07, 6.45) is 6.05. The minimum Gasteiger partial charge on any atom is -0.395 e. The molecule has 1 aliphatic rings. The van der Waals surface area contributed by atoms with Gasteiger partial charge < -0.3 is 14.9 Å². The molecule has 0 aromatic heterocycles. The van der Waals surface area contributed by atoms with E-state index in [1.54, 1.807) is 0 Å². The number of rotatable bonds is 8. The molecule has 0 bridgehead atoms. The van der Waals surface area contributed by atoms with Crippen molar-refractivity contribution in [2.24, 2.45) is 0 Å². The molecule has 0 aromatic rings. The molecule has 0 aliphatic carbocycles. The highest BCUT2D eigenvalue weighted by atomic mass is 16.5. The third kappa shape index (κ3) is 7.58. The molecule has 2 unspecified atom stereocenters. The molecule has 0 aromatic carbocycles. The Balaban J connectivity index is 2.03. The summed E-state index contributed by atoms with van der Waals surface area (Å²) >= 11 is 0. The molecule has 0 spiro atoms. The molecule has 4 heteroatoms. The van der Waals surface area contributed by atoms with E-state index < -0.39 is 0 Å². The van der Waals surface area contributed by atoms with Crippen LogP contribution in [0.2, 0.25) is 0 Å². The third-order valence-corrected chi connectivity index (χ3v) is 3.90. The smallest absolute Gasteiger partial charge is 0.0598 e. The number of likely N-dealkylation sites (tertiary alicyclic amines) is 1. The summed E-state index contributed by atoms with van der Waals surface area (Å²) in [6.45, 7) is 9.24. The number of aliphatic hydroxyl groups excluding tert-OH is 2. The Kier molecular flexibility index (Phi) is 8.03. The van der Waals surface area contributed by atoms with E-state index in [1.165, 1.54) is 19.3 Å². The van der Waals surface area contributed by atoms with Crippen molar-refractivity contribution in [1.82, 2.24) is 4.90 Å². The molecule has 1 saturated heterocycles. The topological polar surface area (TPSA) is 52.9 Å². The maximum Gasteiger partial charge on any atom is 0.0598 e. The normalized spacial score (nSPS) is 25.1. The largest absolute Gasteiger partial charge is 0.395 e. The first-order chi connectivity index (χ1) is 9.42. The van der Waals surface area contributed by atoms with Gasteiger partial charge in [-0.15, -0.1) is 0 Å². The zero-order chi connectivity index (χ0) is 15.0. The van der Waals surface area contributed by atoms with Gasteiger partial charge in [-0.05, 0) is 53.0 Å². The standard InChI is InChI=1S/C16H33NO3/c1-16(2,3)20-11-7-5-4-6-9-17-10-8-15(19)12-14(17)13-18/h14-15,18-19H,4-13H2,1-3H3. The number of ether oxygens (including phenoxy) is 1. The van der Waals surface area contributed by atoms with E-state index in [2.05, 4.69) is 25.7 Å². The first-order valence-electron chi connectivity index (χ1n) is 8.09. The summed E-state index contributed by atoms with van der Waals surface area (Å²) in [5.74, 6) is 0. The molecule has 0 saturated carbocycles. The highest BCUT2D eigenvalue weighted by molar-refractivity contribution is 4.80. The number of nitrogens with zero attached hydrogens (tertiary/aromatic N) is 1. The lowest BCUT2D eigenvalue weighted by molar-refractivity contribution is -0.00514. The first-order valence-corrected chi connectivity index (χ1v) is 8.09. The van der Waals surface area contributed by atoms with Crippen LogP contribution in [0.3, 0.4) is 0 Å². The van der Waals surface area contributed by atoms with Gasteiger partial charge in [0, 0.05) is 19.2 Å². The van der Waals surface area contributed by atoms with Crippen LogP contribution in [-0.4, -0.2) is 59.2 Å². The van der Waals surface area contributed by atoms with Crippen molar-refractivity contribution >= 4 is 0 Å². The van der Waals surface area contributed by atoms with Crippen LogP contribution in [-0.2, 0) is 4.74 Å². The number of unbranched alkanes of at least 4 members (excludes halogenated alkanes) is 3. The molecule has 2 N–H and O–H groups in total. The number of hydrogen-bond acceptors (Lipinski definition) is 4. The average Bonchev–Trinajstić information content (AvgIpc) is 2.37. The van der Waals surface area contributed by atoms with Crippen molar-refractivity contribution in [3.63, 3.8) is 0 Å². The number of aliphatic hydroxyl groups is 2. The van der Waals surface area contributed by atoms with E-state index in [1.807, 2.05) is 0 Å². The molecule has 1 heterocycles. The molecule has 0 amide bonds. The summed E-state index contributed by atoms with van der Waals surface area (Å²) in [4.78, 5) is 2.33. The van der Waals surface area contributed by atoms with Crippen molar-refractivity contribution < 1.29 is 14.9 Å². The Labute approximate surface area is 124 Å². The fraction of sp³-hybridized carbons (Fsp3) is 1.00. The van der Waals surface area contributed by atoms with Gasteiger partial charge in [-0.2, -0.15) is 0 Å². The second-order valence-corrected chi connectivity index (χ2v) is 6.93. The van der Waals surface area contributed by atoms with Gasteiger partial charge >= 0.3 is 0 Å². The third-order valence-electron chi connectivity index (χ3n) is 3.90.